The van der Waals surface area contributed by atoms with Gasteiger partial charge in [0.1, 0.15) is 5.75 Å². The van der Waals surface area contributed by atoms with E-state index in [9.17, 15) is 4.79 Å². The second kappa shape index (κ2) is 7.25. The van der Waals surface area contributed by atoms with Crippen LogP contribution in [0.3, 0.4) is 0 Å². The summed E-state index contributed by atoms with van der Waals surface area (Å²) in [6.07, 6.45) is 2.34. The van der Waals surface area contributed by atoms with Crippen molar-refractivity contribution < 1.29 is 9.53 Å². The number of methoxy groups -OCH3 is 1. The number of ether oxygens (including phenoxy) is 1. The van der Waals surface area contributed by atoms with Gasteiger partial charge < -0.3 is 9.64 Å². The van der Waals surface area contributed by atoms with Crippen molar-refractivity contribution in [3.05, 3.63) is 28.8 Å². The predicted molar refractivity (Wildman–Crippen MR) is 85.5 cm³/mol. The fourth-order valence-electron chi connectivity index (χ4n) is 2.79. The van der Waals surface area contributed by atoms with Gasteiger partial charge in [-0.25, -0.2) is 0 Å². The maximum Gasteiger partial charge on any atom is 0.176 e. The van der Waals surface area contributed by atoms with Gasteiger partial charge >= 0.3 is 0 Å². The van der Waals surface area contributed by atoms with Gasteiger partial charge in [0.15, 0.2) is 5.78 Å². The van der Waals surface area contributed by atoms with Crippen LogP contribution in [0, 0.1) is 0 Å². The molecule has 0 aliphatic carbocycles. The van der Waals surface area contributed by atoms with Crippen LogP contribution >= 0.6 is 11.6 Å². The number of nitrogens with zero attached hydrogens (tertiary/aromatic N) is 2. The third kappa shape index (κ3) is 4.19. The van der Waals surface area contributed by atoms with E-state index >= 15 is 0 Å². The van der Waals surface area contributed by atoms with Gasteiger partial charge in [0.2, 0.25) is 0 Å². The zero-order valence-corrected chi connectivity index (χ0v) is 13.7. The molecule has 1 fully saturated rings. The molecule has 0 spiro atoms. The van der Waals surface area contributed by atoms with E-state index in [0.717, 1.165) is 19.5 Å². The van der Waals surface area contributed by atoms with Crippen LogP contribution in [0.5, 0.6) is 5.75 Å². The minimum Gasteiger partial charge on any atom is -0.495 e. The van der Waals surface area contributed by atoms with E-state index in [0.29, 0.717) is 28.9 Å². The Balaban J connectivity index is 1.98. The normalized spacial score (nSPS) is 19.8. The molecule has 0 saturated carbocycles. The summed E-state index contributed by atoms with van der Waals surface area (Å²) in [6.45, 7) is 2.58. The van der Waals surface area contributed by atoms with E-state index < -0.39 is 0 Å². The number of benzene rings is 1. The lowest BCUT2D eigenvalue weighted by Gasteiger charge is -2.35. The lowest BCUT2D eigenvalue weighted by Crippen LogP contribution is -2.46. The van der Waals surface area contributed by atoms with Crippen molar-refractivity contribution in [1.29, 1.82) is 0 Å². The number of piperidine rings is 1. The van der Waals surface area contributed by atoms with Crippen molar-refractivity contribution in [3.8, 4) is 5.75 Å². The zero-order chi connectivity index (χ0) is 15.4. The maximum atomic E-state index is 12.4. The van der Waals surface area contributed by atoms with Crippen molar-refractivity contribution in [1.82, 2.24) is 9.80 Å². The van der Waals surface area contributed by atoms with Crippen LogP contribution < -0.4 is 4.74 Å². The van der Waals surface area contributed by atoms with E-state index in [4.69, 9.17) is 16.3 Å². The van der Waals surface area contributed by atoms with Crippen LogP contribution in [-0.2, 0) is 0 Å². The molecule has 21 heavy (non-hydrogen) atoms. The molecule has 0 N–H and O–H groups in total. The fourth-order valence-corrected chi connectivity index (χ4v) is 3.04. The van der Waals surface area contributed by atoms with Crippen LogP contribution in [0.4, 0.5) is 0 Å². The Hall–Kier alpha value is -1.10. The lowest BCUT2D eigenvalue weighted by atomic mass is 10.0. The highest BCUT2D eigenvalue weighted by atomic mass is 35.5. The highest BCUT2D eigenvalue weighted by Crippen LogP contribution is 2.25. The Morgan fingerprint density at radius 1 is 1.52 bits per heavy atom. The van der Waals surface area contributed by atoms with Gasteiger partial charge in [-0.3, -0.25) is 9.69 Å². The number of likely N-dealkylation sites (N-methyl/N-ethyl adjacent to an activating group) is 2. The molecule has 1 aliphatic heterocycles. The first-order valence-corrected chi connectivity index (χ1v) is 7.64. The molecule has 0 bridgehead atoms. The first-order valence-electron chi connectivity index (χ1n) is 7.26. The summed E-state index contributed by atoms with van der Waals surface area (Å²) in [5.74, 6) is 0.686. The third-order valence-corrected chi connectivity index (χ3v) is 4.39. The summed E-state index contributed by atoms with van der Waals surface area (Å²) in [5.41, 5.74) is 0.636. The van der Waals surface area contributed by atoms with Gasteiger partial charge in [-0.1, -0.05) is 11.6 Å². The zero-order valence-electron chi connectivity index (χ0n) is 12.9. The Kier molecular flexibility index (Phi) is 5.62. The molecule has 0 radical (unpaired) electrons. The molecule has 1 aromatic rings. The lowest BCUT2D eigenvalue weighted by molar-refractivity contribution is 0.0857. The van der Waals surface area contributed by atoms with Gasteiger partial charge in [-0.2, -0.15) is 0 Å². The third-order valence-electron chi connectivity index (χ3n) is 4.09. The number of Topliss-reactive ketones (excluding diaryl/α,β-unsaturated/α-hetero) is 1. The molecule has 0 amide bonds. The van der Waals surface area contributed by atoms with Crippen LogP contribution in [0.2, 0.25) is 5.02 Å². The quantitative estimate of drug-likeness (QED) is 0.783. The SMILES string of the molecule is COc1ccc(C(=O)CN(C)C2CCCN(C)C2)cc1Cl. The number of carbonyl (C=O) groups excluding carboxylic acids is 1. The molecule has 5 heteroatoms. The van der Waals surface area contributed by atoms with Crippen molar-refractivity contribution >= 4 is 17.4 Å². The summed E-state index contributed by atoms with van der Waals surface area (Å²) in [7, 11) is 5.72. The smallest absolute Gasteiger partial charge is 0.176 e. The molecular formula is C16H23ClN2O2. The highest BCUT2D eigenvalue weighted by Gasteiger charge is 2.23. The second-order valence-electron chi connectivity index (χ2n) is 5.75. The van der Waals surface area contributed by atoms with Crippen LogP contribution in [0.25, 0.3) is 0 Å². The van der Waals surface area contributed by atoms with E-state index in [-0.39, 0.29) is 5.78 Å². The number of halogens is 1. The fraction of sp³-hybridized carbons (Fsp3) is 0.562. The van der Waals surface area contributed by atoms with Crippen molar-refractivity contribution in [2.24, 2.45) is 0 Å². The minimum absolute atomic E-state index is 0.0929. The topological polar surface area (TPSA) is 32.8 Å². The maximum absolute atomic E-state index is 12.4. The average Bonchev–Trinajstić information content (AvgIpc) is 2.47. The standard InChI is InChI=1S/C16H23ClN2O2/c1-18-8-4-5-13(10-18)19(2)11-15(20)12-6-7-16(21-3)14(17)9-12/h6-7,9,13H,4-5,8,10-11H2,1-3H3. The van der Waals surface area contributed by atoms with Crippen LogP contribution in [-0.4, -0.2) is 62.5 Å². The summed E-state index contributed by atoms with van der Waals surface area (Å²) >= 11 is 6.08. The average molecular weight is 311 g/mol. The Labute approximate surface area is 131 Å². The molecule has 1 atom stereocenters. The predicted octanol–water partition coefficient (Wildman–Crippen LogP) is 2.56. The molecule has 116 valence electrons. The highest BCUT2D eigenvalue weighted by molar-refractivity contribution is 6.32. The van der Waals surface area contributed by atoms with Crippen molar-refractivity contribution in [2.75, 3.05) is 40.8 Å². The number of rotatable bonds is 5. The Bertz CT molecular complexity index is 507. The molecule has 1 saturated heterocycles. The van der Waals surface area contributed by atoms with Gasteiger partial charge in [-0.15, -0.1) is 0 Å². The van der Waals surface area contributed by atoms with E-state index in [1.807, 2.05) is 7.05 Å². The number of ketones is 1. The van der Waals surface area contributed by atoms with Gasteiger partial charge in [0.25, 0.3) is 0 Å². The largest absolute Gasteiger partial charge is 0.495 e. The second-order valence-corrected chi connectivity index (χ2v) is 6.15. The summed E-state index contributed by atoms with van der Waals surface area (Å²) < 4.78 is 5.11. The first kappa shape index (κ1) is 16.3. The number of hydrogen-bond donors (Lipinski definition) is 0. The number of carbonyl (C=O) groups is 1. The van der Waals surface area contributed by atoms with E-state index in [1.54, 1.807) is 25.3 Å². The summed E-state index contributed by atoms with van der Waals surface area (Å²) in [6, 6.07) is 5.64. The minimum atomic E-state index is 0.0929. The molecule has 1 aromatic carbocycles. The monoisotopic (exact) mass is 310 g/mol. The van der Waals surface area contributed by atoms with E-state index in [1.165, 1.54) is 6.42 Å². The first-order chi connectivity index (χ1) is 10.0. The van der Waals surface area contributed by atoms with Crippen LogP contribution in [0.15, 0.2) is 18.2 Å². The number of likely N-dealkylation sites (tertiary alicyclic amines) is 1. The van der Waals surface area contributed by atoms with Crippen LogP contribution in [0.1, 0.15) is 23.2 Å². The summed E-state index contributed by atoms with van der Waals surface area (Å²) in [5, 5.41) is 0.475. The van der Waals surface area contributed by atoms with Crippen molar-refractivity contribution in [2.45, 2.75) is 18.9 Å². The molecule has 1 heterocycles. The number of hydrogen-bond acceptors (Lipinski definition) is 4. The molecular weight excluding hydrogens is 288 g/mol. The molecule has 4 nitrogen and oxygen atoms in total. The Morgan fingerprint density at radius 2 is 2.29 bits per heavy atom. The van der Waals surface area contributed by atoms with Crippen molar-refractivity contribution in [3.63, 3.8) is 0 Å². The summed E-state index contributed by atoms with van der Waals surface area (Å²) in [4.78, 5) is 16.8. The van der Waals surface area contributed by atoms with Gasteiger partial charge in [0, 0.05) is 18.2 Å². The Morgan fingerprint density at radius 3 is 2.90 bits per heavy atom. The molecule has 2 rings (SSSR count). The van der Waals surface area contributed by atoms with E-state index in [2.05, 4.69) is 16.8 Å². The van der Waals surface area contributed by atoms with Gasteiger partial charge in [0.05, 0.1) is 18.7 Å². The molecule has 0 aromatic heterocycles. The van der Waals surface area contributed by atoms with Gasteiger partial charge in [-0.05, 0) is 51.7 Å². The molecule has 1 unspecified atom stereocenters. The molecule has 1 aliphatic rings.